The summed E-state index contributed by atoms with van der Waals surface area (Å²) in [5.74, 6) is -0.678. The van der Waals surface area contributed by atoms with Crippen LogP contribution in [0, 0.1) is 5.92 Å². The normalized spacial score (nSPS) is 16.4. The maximum Gasteiger partial charge on any atom is 0.226 e. The predicted molar refractivity (Wildman–Crippen MR) is 170 cm³/mol. The van der Waals surface area contributed by atoms with Gasteiger partial charge in [0.25, 0.3) is 0 Å². The van der Waals surface area contributed by atoms with Gasteiger partial charge in [0.05, 0.1) is 0 Å². The molecule has 19 heteroatoms. The summed E-state index contributed by atoms with van der Waals surface area (Å²) in [5.41, 5.74) is -0.943. The van der Waals surface area contributed by atoms with Gasteiger partial charge in [0, 0.05) is 0 Å². The minimum absolute atomic E-state index is 0.314. The number of hydrogen-bond acceptors (Lipinski definition) is 0. The van der Waals surface area contributed by atoms with Crippen molar-refractivity contribution in [2.45, 2.75) is 53.5 Å². The molecule has 1 aromatic rings. The summed E-state index contributed by atoms with van der Waals surface area (Å²) in [6, 6.07) is 3.77. The highest BCUT2D eigenvalue weighted by molar-refractivity contribution is 6.81. The molecule has 0 N–H and O–H groups in total. The van der Waals surface area contributed by atoms with Crippen LogP contribution in [0.4, 0.5) is 0 Å². The van der Waals surface area contributed by atoms with Crippen molar-refractivity contribution in [2.75, 3.05) is 0 Å². The summed E-state index contributed by atoms with van der Waals surface area (Å²) < 4.78 is -21.1. The molecule has 0 aliphatic heterocycles. The van der Waals surface area contributed by atoms with E-state index in [2.05, 4.69) is 0 Å². The fourth-order valence-corrected chi connectivity index (χ4v) is 7.43. The number of halogens is 18. The van der Waals surface area contributed by atoms with Crippen molar-refractivity contribution < 1.29 is 5.11 Å². The van der Waals surface area contributed by atoms with Crippen LogP contribution in [-0.4, -0.2) is 24.9 Å². The van der Waals surface area contributed by atoms with Crippen LogP contribution in [-0.2, 0) is 13.8 Å². The molecule has 1 unspecified atom stereocenters. The van der Waals surface area contributed by atoms with Gasteiger partial charge in [0.1, 0.15) is 6.10 Å². The minimum atomic E-state index is -2.73. The first-order valence-electron chi connectivity index (χ1n) is 9.16. The molecule has 0 aliphatic carbocycles. The van der Waals surface area contributed by atoms with Crippen LogP contribution in [0.1, 0.15) is 36.6 Å². The maximum atomic E-state index is 13.6. The zero-order valence-corrected chi connectivity index (χ0v) is 31.2. The van der Waals surface area contributed by atoms with E-state index in [4.69, 9.17) is 209 Å². The Balaban J connectivity index is 4.18. The van der Waals surface area contributed by atoms with Crippen molar-refractivity contribution in [3.63, 3.8) is 0 Å². The Morgan fingerprint density at radius 2 is 0.784 bits per heavy atom. The molecule has 1 aromatic carbocycles. The summed E-state index contributed by atoms with van der Waals surface area (Å²) in [7, 11) is 0. The molecule has 0 spiro atoms. The first-order valence-corrected chi connectivity index (χ1v) is 16.0. The minimum Gasteiger partial charge on any atom is -0.228 e. The first kappa shape index (κ1) is 39.4. The Morgan fingerprint density at radius 1 is 0.514 bits per heavy atom. The summed E-state index contributed by atoms with van der Waals surface area (Å²) in [6.07, 6.45) is -1.71. The van der Waals surface area contributed by atoms with E-state index in [1.807, 2.05) is 0 Å². The van der Waals surface area contributed by atoms with Crippen molar-refractivity contribution in [1.82, 2.24) is 0 Å². The Kier molecular flexibility index (Phi) is 13.5. The van der Waals surface area contributed by atoms with Gasteiger partial charge in [0.15, 0.2) is 17.3 Å². The summed E-state index contributed by atoms with van der Waals surface area (Å²) >= 11 is 113. The van der Waals surface area contributed by atoms with Crippen LogP contribution in [0.15, 0.2) is 18.2 Å². The van der Waals surface area contributed by atoms with Gasteiger partial charge in [-0.2, -0.15) is 0 Å². The molecule has 215 valence electrons. The molecule has 0 bridgehead atoms. The van der Waals surface area contributed by atoms with E-state index in [0.717, 1.165) is 0 Å². The lowest BCUT2D eigenvalue weighted by molar-refractivity contribution is 0.0468. The fourth-order valence-electron chi connectivity index (χ4n) is 2.84. The number of hydrogen-bond donors (Lipinski definition) is 0. The molecular weight excluding hydrogens is 870 g/mol. The van der Waals surface area contributed by atoms with Gasteiger partial charge in [-0.15, -0.1) is 0 Å². The zero-order valence-electron chi connectivity index (χ0n) is 17.6. The molecule has 0 aromatic heterocycles. The highest BCUT2D eigenvalue weighted by Gasteiger charge is 2.71. The lowest BCUT2D eigenvalue weighted by Gasteiger charge is -2.47. The second kappa shape index (κ2) is 12.7. The smallest absolute Gasteiger partial charge is 0.226 e. The molecule has 0 aliphatic rings. The maximum absolute atomic E-state index is 13.6. The average Bonchev–Trinajstić information content (AvgIpc) is 2.70. The first-order chi connectivity index (χ1) is 16.0. The average molecular weight is 881 g/mol. The van der Waals surface area contributed by atoms with Gasteiger partial charge in [-0.25, -0.2) is 5.11 Å². The monoisotopic (exact) mass is 873 g/mol. The lowest BCUT2D eigenvalue weighted by Crippen LogP contribution is -2.56. The fraction of sp³-hybridized carbons (Fsp3) is 0.667. The largest absolute Gasteiger partial charge is 0.228 e. The van der Waals surface area contributed by atoms with Crippen LogP contribution in [0.2, 0.25) is 0 Å². The Morgan fingerprint density at radius 3 is 1.00 bits per heavy atom. The SMILES string of the molecule is CC(C)C([O])c1c(C(Cl)(Cl)C(Cl)(Cl)C(Cl)(Cl)C(Cl)(Cl)Cl)cccc1C(Cl)(Cl)C(Cl)(Cl)C(Cl)(Cl)C(Cl)(Cl)Cl. The Labute approximate surface area is 304 Å². The highest BCUT2D eigenvalue weighted by atomic mass is 35.6. The second-order valence-electron chi connectivity index (χ2n) is 7.87. The number of alkyl halides is 18. The van der Waals surface area contributed by atoms with Crippen molar-refractivity contribution in [3.05, 3.63) is 34.9 Å². The molecule has 0 saturated heterocycles. The molecule has 0 saturated carbocycles. The molecule has 1 nitrogen and oxygen atoms in total. The zero-order chi connectivity index (χ0) is 30.0. The van der Waals surface area contributed by atoms with Crippen molar-refractivity contribution >= 4 is 209 Å². The van der Waals surface area contributed by atoms with E-state index in [-0.39, 0.29) is 16.7 Å². The summed E-state index contributed by atoms with van der Waals surface area (Å²) in [6.45, 7) is 3.11. The topological polar surface area (TPSA) is 19.9 Å². The number of rotatable bonds is 8. The Bertz CT molecular complexity index is 904. The van der Waals surface area contributed by atoms with Gasteiger partial charge in [0.2, 0.25) is 16.3 Å². The summed E-state index contributed by atoms with van der Waals surface area (Å²) in [4.78, 5) is 0. The van der Waals surface area contributed by atoms with Crippen molar-refractivity contribution in [2.24, 2.45) is 5.92 Å². The van der Waals surface area contributed by atoms with Crippen LogP contribution < -0.4 is 0 Å². The molecule has 1 radical (unpaired) electrons. The summed E-state index contributed by atoms with van der Waals surface area (Å²) in [5, 5.41) is 13.6. The van der Waals surface area contributed by atoms with E-state index in [9.17, 15) is 5.11 Å². The van der Waals surface area contributed by atoms with E-state index in [0.29, 0.717) is 0 Å². The third-order valence-electron chi connectivity index (χ3n) is 4.96. The van der Waals surface area contributed by atoms with Crippen molar-refractivity contribution in [3.8, 4) is 0 Å². The molecule has 37 heavy (non-hydrogen) atoms. The Hall–Kier alpha value is 4.40. The standard InChI is InChI=1S/C18H11Cl18O/c1-6(2)10(37)9-7(11(19,20)13(23,24)15(27,28)17(31,32)33)4-3-5-8(9)12(21,22)14(25,26)16(29,30)18(34,35)36/h3-6,10H,1-2H3. The van der Waals surface area contributed by atoms with Gasteiger partial charge in [-0.3, -0.25) is 0 Å². The molecule has 0 amide bonds. The predicted octanol–water partition coefficient (Wildman–Crippen LogP) is 13.5. The van der Waals surface area contributed by atoms with Crippen molar-refractivity contribution in [1.29, 1.82) is 0 Å². The quantitative estimate of drug-likeness (QED) is 0.232. The highest BCUT2D eigenvalue weighted by Crippen LogP contribution is 2.68. The molecular formula is C18H11Cl18O. The van der Waals surface area contributed by atoms with Gasteiger partial charge >= 0.3 is 0 Å². The van der Waals surface area contributed by atoms with E-state index in [1.54, 1.807) is 13.8 Å². The van der Waals surface area contributed by atoms with Crippen LogP contribution in [0.3, 0.4) is 0 Å². The lowest BCUT2D eigenvalue weighted by atomic mass is 9.85. The molecule has 0 heterocycles. The second-order valence-corrected chi connectivity index (χ2v) is 20.4. The third kappa shape index (κ3) is 6.98. The van der Waals surface area contributed by atoms with E-state index < -0.39 is 45.6 Å². The van der Waals surface area contributed by atoms with E-state index in [1.165, 1.54) is 18.2 Å². The van der Waals surface area contributed by atoms with Gasteiger partial charge in [-0.1, -0.05) is 241 Å². The number of benzene rings is 1. The van der Waals surface area contributed by atoms with Crippen LogP contribution >= 0.6 is 209 Å². The van der Waals surface area contributed by atoms with E-state index >= 15 is 0 Å². The molecule has 1 rings (SSSR count). The van der Waals surface area contributed by atoms with Crippen LogP contribution in [0.25, 0.3) is 0 Å². The molecule has 0 fully saturated rings. The van der Waals surface area contributed by atoms with Gasteiger partial charge < -0.3 is 0 Å². The molecule has 1 atom stereocenters. The van der Waals surface area contributed by atoms with Gasteiger partial charge in [-0.05, 0) is 22.6 Å². The third-order valence-corrected chi connectivity index (χ3v) is 15.9. The van der Waals surface area contributed by atoms with Crippen LogP contribution in [0.5, 0.6) is 0 Å².